The highest BCUT2D eigenvalue weighted by molar-refractivity contribution is 5.44. The number of nitro benzene ring substituents is 1. The van der Waals surface area contributed by atoms with Crippen LogP contribution in [0.25, 0.3) is 0 Å². The van der Waals surface area contributed by atoms with Gasteiger partial charge in [0.25, 0.3) is 5.69 Å². The van der Waals surface area contributed by atoms with Crippen molar-refractivity contribution in [2.45, 2.75) is 52.1 Å². The molecular formula is C17H24N2O2. The van der Waals surface area contributed by atoms with Gasteiger partial charge in [0.05, 0.1) is 4.92 Å². The first kappa shape index (κ1) is 14.5. The van der Waals surface area contributed by atoms with Gasteiger partial charge in [-0.1, -0.05) is 18.6 Å². The molecule has 114 valence electrons. The third kappa shape index (κ3) is 2.82. The van der Waals surface area contributed by atoms with Crippen molar-refractivity contribution in [3.05, 3.63) is 39.4 Å². The molecule has 2 aliphatic rings. The molecule has 0 aliphatic heterocycles. The second-order valence-electron chi connectivity index (χ2n) is 6.83. The van der Waals surface area contributed by atoms with Crippen molar-refractivity contribution in [2.24, 2.45) is 17.8 Å². The molecule has 0 amide bonds. The minimum absolute atomic E-state index is 0.224. The first-order valence-corrected chi connectivity index (χ1v) is 8.02. The van der Waals surface area contributed by atoms with Crippen LogP contribution in [0.1, 0.15) is 43.7 Å². The fourth-order valence-electron chi connectivity index (χ4n) is 4.39. The Morgan fingerprint density at radius 1 is 1.38 bits per heavy atom. The van der Waals surface area contributed by atoms with Gasteiger partial charge in [0.15, 0.2) is 0 Å². The summed E-state index contributed by atoms with van der Waals surface area (Å²) in [4.78, 5) is 10.7. The molecule has 4 nitrogen and oxygen atoms in total. The molecule has 21 heavy (non-hydrogen) atoms. The van der Waals surface area contributed by atoms with Crippen LogP contribution in [0.5, 0.6) is 0 Å². The summed E-state index contributed by atoms with van der Waals surface area (Å²) in [7, 11) is 0. The number of fused-ring (bicyclic) bond motifs is 2. The third-order valence-corrected chi connectivity index (χ3v) is 5.66. The molecule has 0 radical (unpaired) electrons. The van der Waals surface area contributed by atoms with Gasteiger partial charge < -0.3 is 5.32 Å². The highest BCUT2D eigenvalue weighted by Crippen LogP contribution is 2.49. The summed E-state index contributed by atoms with van der Waals surface area (Å²) < 4.78 is 0. The van der Waals surface area contributed by atoms with Crippen LogP contribution < -0.4 is 5.32 Å². The fourth-order valence-corrected chi connectivity index (χ4v) is 4.39. The molecule has 4 unspecified atom stereocenters. The number of nitrogens with zero attached hydrogens (tertiary/aromatic N) is 1. The number of hydrogen-bond donors (Lipinski definition) is 1. The van der Waals surface area contributed by atoms with Crippen LogP contribution in [0.2, 0.25) is 0 Å². The first-order valence-electron chi connectivity index (χ1n) is 8.02. The zero-order chi connectivity index (χ0) is 15.0. The van der Waals surface area contributed by atoms with Crippen molar-refractivity contribution in [1.29, 1.82) is 0 Å². The highest BCUT2D eigenvalue weighted by atomic mass is 16.6. The summed E-state index contributed by atoms with van der Waals surface area (Å²) in [5.41, 5.74) is 2.05. The van der Waals surface area contributed by atoms with E-state index in [1.807, 2.05) is 13.0 Å². The Balaban J connectivity index is 1.62. The van der Waals surface area contributed by atoms with Crippen molar-refractivity contribution >= 4 is 5.69 Å². The van der Waals surface area contributed by atoms with E-state index in [1.54, 1.807) is 12.1 Å². The maximum absolute atomic E-state index is 11.0. The Kier molecular flexibility index (Phi) is 3.98. The van der Waals surface area contributed by atoms with Crippen LogP contribution >= 0.6 is 0 Å². The zero-order valence-corrected chi connectivity index (χ0v) is 12.8. The minimum atomic E-state index is -0.293. The van der Waals surface area contributed by atoms with Crippen LogP contribution in [0.3, 0.4) is 0 Å². The molecule has 4 atom stereocenters. The fraction of sp³-hybridized carbons (Fsp3) is 0.647. The first-order chi connectivity index (χ1) is 10.1. The summed E-state index contributed by atoms with van der Waals surface area (Å²) in [5.74, 6) is 2.66. The summed E-state index contributed by atoms with van der Waals surface area (Å²) in [6, 6.07) is 5.85. The molecule has 0 aromatic heterocycles. The SMILES string of the molecule is Cc1c(CNC(C)C2CC3CCC2C3)cccc1[N+](=O)[O-]. The summed E-state index contributed by atoms with van der Waals surface area (Å²) in [5, 5.41) is 14.6. The number of hydrogen-bond acceptors (Lipinski definition) is 3. The Morgan fingerprint density at radius 3 is 2.81 bits per heavy atom. The van der Waals surface area contributed by atoms with E-state index >= 15 is 0 Å². The average molecular weight is 288 g/mol. The number of nitrogens with one attached hydrogen (secondary N) is 1. The van der Waals surface area contributed by atoms with Gasteiger partial charge in [-0.15, -0.1) is 0 Å². The predicted octanol–water partition coefficient (Wildman–Crippen LogP) is 3.82. The maximum atomic E-state index is 11.0. The van der Waals surface area contributed by atoms with Gasteiger partial charge in [-0.2, -0.15) is 0 Å². The van der Waals surface area contributed by atoms with Gasteiger partial charge in [0.1, 0.15) is 0 Å². The summed E-state index contributed by atoms with van der Waals surface area (Å²) >= 11 is 0. The van der Waals surface area contributed by atoms with Crippen molar-refractivity contribution in [3.8, 4) is 0 Å². The van der Waals surface area contributed by atoms with Crippen LogP contribution in [0.4, 0.5) is 5.69 Å². The van der Waals surface area contributed by atoms with Gasteiger partial charge in [0.2, 0.25) is 0 Å². The molecule has 3 rings (SSSR count). The van der Waals surface area contributed by atoms with Crippen LogP contribution in [0.15, 0.2) is 18.2 Å². The lowest BCUT2D eigenvalue weighted by molar-refractivity contribution is -0.385. The Bertz CT molecular complexity index is 544. The van der Waals surface area contributed by atoms with E-state index in [2.05, 4.69) is 12.2 Å². The molecule has 1 aromatic carbocycles. The molecule has 0 saturated heterocycles. The molecule has 0 heterocycles. The van der Waals surface area contributed by atoms with E-state index in [9.17, 15) is 10.1 Å². The lowest BCUT2D eigenvalue weighted by Crippen LogP contribution is -2.36. The number of benzene rings is 1. The Morgan fingerprint density at radius 2 is 2.19 bits per heavy atom. The molecule has 4 heteroatoms. The van der Waals surface area contributed by atoms with Crippen LogP contribution in [0, 0.1) is 34.8 Å². The number of nitro groups is 1. The third-order valence-electron chi connectivity index (χ3n) is 5.66. The van der Waals surface area contributed by atoms with E-state index < -0.39 is 0 Å². The normalized spacial score (nSPS) is 28.8. The Hall–Kier alpha value is -1.42. The molecular weight excluding hydrogens is 264 g/mol. The van der Waals surface area contributed by atoms with Crippen LogP contribution in [-0.2, 0) is 6.54 Å². The minimum Gasteiger partial charge on any atom is -0.310 e. The zero-order valence-electron chi connectivity index (χ0n) is 12.8. The van der Waals surface area contributed by atoms with Gasteiger partial charge in [-0.3, -0.25) is 10.1 Å². The van der Waals surface area contributed by atoms with E-state index in [4.69, 9.17) is 0 Å². The summed E-state index contributed by atoms with van der Waals surface area (Å²) in [6.45, 7) is 4.85. The molecule has 2 aliphatic carbocycles. The second kappa shape index (κ2) is 5.76. The van der Waals surface area contributed by atoms with E-state index in [1.165, 1.54) is 25.7 Å². The molecule has 0 spiro atoms. The highest BCUT2D eigenvalue weighted by Gasteiger charge is 2.41. The summed E-state index contributed by atoms with van der Waals surface area (Å²) in [6.07, 6.45) is 5.62. The van der Waals surface area contributed by atoms with Gasteiger partial charge in [-0.05, 0) is 56.4 Å². The smallest absolute Gasteiger partial charge is 0.272 e. The average Bonchev–Trinajstić information content (AvgIpc) is 3.08. The van der Waals surface area contributed by atoms with E-state index in [0.717, 1.165) is 35.4 Å². The van der Waals surface area contributed by atoms with Gasteiger partial charge >= 0.3 is 0 Å². The Labute approximate surface area is 126 Å². The molecule has 2 bridgehead atoms. The molecule has 1 N–H and O–H groups in total. The maximum Gasteiger partial charge on any atom is 0.272 e. The topological polar surface area (TPSA) is 55.2 Å². The second-order valence-corrected chi connectivity index (χ2v) is 6.83. The standard InChI is InChI=1S/C17H24N2O2/c1-11-15(4-3-5-17(11)19(20)21)10-18-12(2)16-9-13-6-7-14(16)8-13/h3-5,12-14,16,18H,6-10H2,1-2H3. The van der Waals surface area contributed by atoms with E-state index in [-0.39, 0.29) is 10.6 Å². The van der Waals surface area contributed by atoms with Crippen molar-refractivity contribution in [3.63, 3.8) is 0 Å². The molecule has 1 aromatic rings. The quantitative estimate of drug-likeness (QED) is 0.662. The molecule has 2 fully saturated rings. The van der Waals surface area contributed by atoms with E-state index in [0.29, 0.717) is 6.04 Å². The van der Waals surface area contributed by atoms with Crippen LogP contribution in [-0.4, -0.2) is 11.0 Å². The number of rotatable bonds is 5. The predicted molar refractivity (Wildman–Crippen MR) is 83.1 cm³/mol. The van der Waals surface area contributed by atoms with Crippen molar-refractivity contribution < 1.29 is 4.92 Å². The monoisotopic (exact) mass is 288 g/mol. The van der Waals surface area contributed by atoms with Gasteiger partial charge in [0, 0.05) is 24.2 Å². The van der Waals surface area contributed by atoms with Crippen molar-refractivity contribution in [2.75, 3.05) is 0 Å². The van der Waals surface area contributed by atoms with Crippen molar-refractivity contribution in [1.82, 2.24) is 5.32 Å². The lowest BCUT2D eigenvalue weighted by atomic mass is 9.84. The largest absolute Gasteiger partial charge is 0.310 e. The van der Waals surface area contributed by atoms with Gasteiger partial charge in [-0.25, -0.2) is 0 Å². The molecule has 2 saturated carbocycles. The lowest BCUT2D eigenvalue weighted by Gasteiger charge is -2.28.